The number of aromatic hydroxyl groups is 1. The van der Waals surface area contributed by atoms with Crippen LogP contribution in [0.2, 0.25) is 0 Å². The summed E-state index contributed by atoms with van der Waals surface area (Å²) in [6.45, 7) is 2.02. The van der Waals surface area contributed by atoms with Gasteiger partial charge >= 0.3 is 0 Å². The normalized spacial score (nSPS) is 11.9. The van der Waals surface area contributed by atoms with Gasteiger partial charge in [-0.05, 0) is 30.7 Å². The number of hydrogen-bond donors (Lipinski definition) is 2. The second-order valence-corrected chi connectivity index (χ2v) is 4.25. The largest absolute Gasteiger partial charge is 0.507 e. The smallest absolute Gasteiger partial charge is 0.125 e. The summed E-state index contributed by atoms with van der Waals surface area (Å²) < 4.78 is 0. The topological polar surface area (TPSA) is 52.8 Å². The highest BCUT2D eigenvalue weighted by Crippen LogP contribution is 2.17. The Labute approximate surface area is 112 Å². The van der Waals surface area contributed by atoms with Crippen molar-refractivity contribution in [2.75, 3.05) is 0 Å². The zero-order chi connectivity index (χ0) is 13.7. The van der Waals surface area contributed by atoms with Gasteiger partial charge < -0.3 is 10.3 Å². The molecule has 96 valence electrons. The molecule has 0 amide bonds. The van der Waals surface area contributed by atoms with Gasteiger partial charge in [0.15, 0.2) is 0 Å². The molecule has 0 aliphatic heterocycles. The third-order valence-corrected chi connectivity index (χ3v) is 2.80. The van der Waals surface area contributed by atoms with Crippen LogP contribution in [0, 0.1) is 6.92 Å². The maximum Gasteiger partial charge on any atom is 0.125 e. The average Bonchev–Trinajstić information content (AvgIpc) is 2.43. The molecule has 0 radical (unpaired) electrons. The summed E-state index contributed by atoms with van der Waals surface area (Å²) >= 11 is 0. The molecular weight excluding hydrogens is 238 g/mol. The molecular formula is C16H15NO2. The second kappa shape index (κ2) is 5.87. The van der Waals surface area contributed by atoms with E-state index in [1.165, 1.54) is 5.56 Å². The van der Waals surface area contributed by atoms with E-state index in [1.54, 1.807) is 30.3 Å². The average molecular weight is 253 g/mol. The van der Waals surface area contributed by atoms with Crippen LogP contribution in [0.1, 0.15) is 16.7 Å². The Morgan fingerprint density at radius 2 is 1.74 bits per heavy atom. The van der Waals surface area contributed by atoms with Crippen molar-refractivity contribution in [3.05, 3.63) is 71.3 Å². The molecule has 0 saturated carbocycles. The van der Waals surface area contributed by atoms with Gasteiger partial charge in [-0.3, -0.25) is 0 Å². The SMILES string of the molecule is Cc1ccc(C=C/C(=N\O)c2ccccc2O)cc1. The van der Waals surface area contributed by atoms with E-state index in [-0.39, 0.29) is 5.75 Å². The number of oxime groups is 1. The molecule has 0 bridgehead atoms. The summed E-state index contributed by atoms with van der Waals surface area (Å²) in [7, 11) is 0. The zero-order valence-corrected chi connectivity index (χ0v) is 10.6. The van der Waals surface area contributed by atoms with E-state index in [2.05, 4.69) is 5.16 Å². The van der Waals surface area contributed by atoms with Gasteiger partial charge in [-0.15, -0.1) is 0 Å². The molecule has 2 rings (SSSR count). The first-order chi connectivity index (χ1) is 9.20. The minimum atomic E-state index is 0.0869. The molecule has 0 unspecified atom stereocenters. The van der Waals surface area contributed by atoms with Crippen LogP contribution in [0.25, 0.3) is 6.08 Å². The lowest BCUT2D eigenvalue weighted by Crippen LogP contribution is -1.96. The first-order valence-corrected chi connectivity index (χ1v) is 5.96. The number of aryl methyl sites for hydroxylation is 1. The van der Waals surface area contributed by atoms with Gasteiger partial charge in [-0.25, -0.2) is 0 Å². The summed E-state index contributed by atoms with van der Waals surface area (Å²) in [5.74, 6) is 0.0869. The van der Waals surface area contributed by atoms with Crippen molar-refractivity contribution in [2.24, 2.45) is 5.16 Å². The Hall–Kier alpha value is -2.55. The molecule has 0 aliphatic carbocycles. The standard InChI is InChI=1S/C16H15NO2/c1-12-6-8-13(9-7-12)10-11-15(17-19)14-4-2-3-5-16(14)18/h2-11,18-19H,1H3/b11-10?,17-15+. The molecule has 0 fully saturated rings. The van der Waals surface area contributed by atoms with Crippen molar-refractivity contribution in [3.8, 4) is 5.75 Å². The molecule has 0 atom stereocenters. The highest BCUT2D eigenvalue weighted by molar-refractivity contribution is 6.12. The fourth-order valence-electron chi connectivity index (χ4n) is 1.72. The van der Waals surface area contributed by atoms with Gasteiger partial charge in [0.25, 0.3) is 0 Å². The fourth-order valence-corrected chi connectivity index (χ4v) is 1.72. The Morgan fingerprint density at radius 3 is 2.37 bits per heavy atom. The Balaban J connectivity index is 2.25. The number of para-hydroxylation sites is 1. The van der Waals surface area contributed by atoms with Gasteiger partial charge in [0.05, 0.1) is 0 Å². The van der Waals surface area contributed by atoms with Crippen molar-refractivity contribution < 1.29 is 10.3 Å². The molecule has 0 heterocycles. The number of rotatable bonds is 3. The Bertz CT molecular complexity index is 613. The van der Waals surface area contributed by atoms with E-state index in [9.17, 15) is 5.11 Å². The van der Waals surface area contributed by atoms with E-state index in [0.717, 1.165) is 5.56 Å². The molecule has 3 nitrogen and oxygen atoms in total. The zero-order valence-electron chi connectivity index (χ0n) is 10.6. The highest BCUT2D eigenvalue weighted by atomic mass is 16.4. The van der Waals surface area contributed by atoms with Crippen molar-refractivity contribution in [2.45, 2.75) is 6.92 Å². The number of phenolic OH excluding ortho intramolecular Hbond substituents is 1. The van der Waals surface area contributed by atoms with E-state index >= 15 is 0 Å². The van der Waals surface area contributed by atoms with Gasteiger partial charge in [0.1, 0.15) is 11.5 Å². The van der Waals surface area contributed by atoms with Crippen LogP contribution >= 0.6 is 0 Å². The van der Waals surface area contributed by atoms with Gasteiger partial charge in [0, 0.05) is 5.56 Å². The van der Waals surface area contributed by atoms with E-state index in [0.29, 0.717) is 11.3 Å². The first-order valence-electron chi connectivity index (χ1n) is 5.96. The lowest BCUT2D eigenvalue weighted by molar-refractivity contribution is 0.319. The van der Waals surface area contributed by atoms with Gasteiger partial charge in [-0.2, -0.15) is 0 Å². The molecule has 19 heavy (non-hydrogen) atoms. The minimum absolute atomic E-state index is 0.0869. The summed E-state index contributed by atoms with van der Waals surface area (Å²) in [5, 5.41) is 22.0. The summed E-state index contributed by atoms with van der Waals surface area (Å²) in [5.41, 5.74) is 3.00. The number of nitrogens with zero attached hydrogens (tertiary/aromatic N) is 1. The van der Waals surface area contributed by atoms with Crippen LogP contribution in [0.5, 0.6) is 5.75 Å². The lowest BCUT2D eigenvalue weighted by atomic mass is 10.1. The number of allylic oxidation sites excluding steroid dienone is 1. The van der Waals surface area contributed by atoms with Crippen molar-refractivity contribution >= 4 is 11.8 Å². The van der Waals surface area contributed by atoms with Crippen molar-refractivity contribution in [1.82, 2.24) is 0 Å². The van der Waals surface area contributed by atoms with Crippen molar-refractivity contribution in [1.29, 1.82) is 0 Å². The van der Waals surface area contributed by atoms with E-state index in [1.807, 2.05) is 37.3 Å². The van der Waals surface area contributed by atoms with Crippen LogP contribution in [-0.2, 0) is 0 Å². The van der Waals surface area contributed by atoms with Crippen LogP contribution < -0.4 is 0 Å². The van der Waals surface area contributed by atoms with Gasteiger partial charge in [0.2, 0.25) is 0 Å². The molecule has 2 aromatic carbocycles. The molecule has 0 spiro atoms. The molecule has 0 aromatic heterocycles. The summed E-state index contributed by atoms with van der Waals surface area (Å²) in [6.07, 6.45) is 3.50. The van der Waals surface area contributed by atoms with Crippen LogP contribution in [0.3, 0.4) is 0 Å². The van der Waals surface area contributed by atoms with E-state index in [4.69, 9.17) is 5.21 Å². The monoisotopic (exact) mass is 253 g/mol. The molecule has 0 saturated heterocycles. The maximum atomic E-state index is 9.72. The second-order valence-electron chi connectivity index (χ2n) is 4.25. The predicted molar refractivity (Wildman–Crippen MR) is 76.6 cm³/mol. The summed E-state index contributed by atoms with van der Waals surface area (Å²) in [6, 6.07) is 14.7. The van der Waals surface area contributed by atoms with Crippen LogP contribution in [0.4, 0.5) is 0 Å². The number of hydrogen-bond acceptors (Lipinski definition) is 3. The van der Waals surface area contributed by atoms with Crippen molar-refractivity contribution in [3.63, 3.8) is 0 Å². The molecule has 3 heteroatoms. The molecule has 0 aliphatic rings. The molecule has 2 N–H and O–H groups in total. The Morgan fingerprint density at radius 1 is 1.05 bits per heavy atom. The van der Waals surface area contributed by atoms with E-state index < -0.39 is 0 Å². The predicted octanol–water partition coefficient (Wildman–Crippen LogP) is 3.59. The van der Waals surface area contributed by atoms with Gasteiger partial charge in [-0.1, -0.05) is 53.2 Å². The number of phenols is 1. The van der Waals surface area contributed by atoms with Crippen LogP contribution in [0.15, 0.2) is 59.8 Å². The maximum absolute atomic E-state index is 9.72. The van der Waals surface area contributed by atoms with Crippen LogP contribution in [-0.4, -0.2) is 16.0 Å². The summed E-state index contributed by atoms with van der Waals surface area (Å²) in [4.78, 5) is 0. The highest BCUT2D eigenvalue weighted by Gasteiger charge is 2.05. The third-order valence-electron chi connectivity index (χ3n) is 2.80. The number of benzene rings is 2. The minimum Gasteiger partial charge on any atom is -0.507 e. The quantitative estimate of drug-likeness (QED) is 0.499. The lowest BCUT2D eigenvalue weighted by Gasteiger charge is -2.02. The fraction of sp³-hybridized carbons (Fsp3) is 0.0625. The Kier molecular flexibility index (Phi) is 3.98. The molecule has 2 aromatic rings. The first kappa shape index (κ1) is 12.9. The third kappa shape index (κ3) is 3.22.